The summed E-state index contributed by atoms with van der Waals surface area (Å²) in [5.74, 6) is -0.412. The highest BCUT2D eigenvalue weighted by Gasteiger charge is 2.32. The maximum absolute atomic E-state index is 12.8. The molecule has 2 atom stereocenters. The summed E-state index contributed by atoms with van der Waals surface area (Å²) in [6, 6.07) is 14.0. The van der Waals surface area contributed by atoms with Gasteiger partial charge in [0.05, 0.1) is 0 Å². The molecule has 32 heavy (non-hydrogen) atoms. The standard InChI is InChI=1S/C26H33ClN2O3/c1-26(2)13-11-19(12-14-26)22(18-7-9-21(27)10-8-18)16-29-24(30)20-5-3-17(4-6-20)15-23(28)25(31)32/h3-10,19,22-23H,11-16,28H2,1-2H3,(H,29,30)(H,31,32)/t22-,23-/m0/s1. The predicted molar refractivity (Wildman–Crippen MR) is 128 cm³/mol. The second kappa shape index (κ2) is 10.5. The summed E-state index contributed by atoms with van der Waals surface area (Å²) in [6.07, 6.45) is 4.91. The average molecular weight is 457 g/mol. The van der Waals surface area contributed by atoms with Crippen LogP contribution in [0.1, 0.15) is 66.9 Å². The van der Waals surface area contributed by atoms with Gasteiger partial charge in [-0.25, -0.2) is 0 Å². The second-order valence-electron chi connectivity index (χ2n) is 9.72. The summed E-state index contributed by atoms with van der Waals surface area (Å²) in [4.78, 5) is 23.7. The Hall–Kier alpha value is -2.37. The Labute approximate surface area is 195 Å². The molecule has 172 valence electrons. The van der Waals surface area contributed by atoms with E-state index >= 15 is 0 Å². The van der Waals surface area contributed by atoms with Crippen LogP contribution < -0.4 is 11.1 Å². The number of hydrogen-bond donors (Lipinski definition) is 3. The van der Waals surface area contributed by atoms with Gasteiger partial charge in [0, 0.05) is 23.0 Å². The number of carboxylic acids is 1. The molecule has 3 rings (SSSR count). The van der Waals surface area contributed by atoms with E-state index in [0.29, 0.717) is 28.5 Å². The van der Waals surface area contributed by atoms with Crippen LogP contribution in [0.4, 0.5) is 0 Å². The fraction of sp³-hybridized carbons (Fsp3) is 0.462. The number of carbonyl (C=O) groups is 2. The van der Waals surface area contributed by atoms with Gasteiger partial charge < -0.3 is 16.2 Å². The topological polar surface area (TPSA) is 92.4 Å². The smallest absolute Gasteiger partial charge is 0.320 e. The van der Waals surface area contributed by atoms with Crippen LogP contribution in [0, 0.1) is 11.3 Å². The molecule has 6 heteroatoms. The van der Waals surface area contributed by atoms with Gasteiger partial charge in [-0.2, -0.15) is 0 Å². The lowest BCUT2D eigenvalue weighted by atomic mass is 9.68. The SMILES string of the molecule is CC1(C)CCC([C@@H](CNC(=O)c2ccc(C[C@H](N)C(=O)O)cc2)c2ccc(Cl)cc2)CC1. The zero-order chi connectivity index (χ0) is 23.3. The fourth-order valence-electron chi connectivity index (χ4n) is 4.53. The monoisotopic (exact) mass is 456 g/mol. The van der Waals surface area contributed by atoms with E-state index in [0.717, 1.165) is 18.4 Å². The van der Waals surface area contributed by atoms with Gasteiger partial charge in [-0.15, -0.1) is 0 Å². The largest absolute Gasteiger partial charge is 0.480 e. The lowest BCUT2D eigenvalue weighted by Gasteiger charge is -2.38. The van der Waals surface area contributed by atoms with Crippen LogP contribution in [0.2, 0.25) is 5.02 Å². The van der Waals surface area contributed by atoms with E-state index in [1.54, 1.807) is 24.3 Å². The maximum Gasteiger partial charge on any atom is 0.320 e. The van der Waals surface area contributed by atoms with E-state index < -0.39 is 12.0 Å². The van der Waals surface area contributed by atoms with Crippen molar-refractivity contribution in [2.75, 3.05) is 6.54 Å². The highest BCUT2D eigenvalue weighted by atomic mass is 35.5. The number of benzene rings is 2. The Morgan fingerprint density at radius 1 is 1.09 bits per heavy atom. The first-order valence-electron chi connectivity index (χ1n) is 11.3. The molecule has 1 amide bonds. The van der Waals surface area contributed by atoms with Crippen molar-refractivity contribution in [2.24, 2.45) is 17.1 Å². The van der Waals surface area contributed by atoms with Crippen molar-refractivity contribution in [2.45, 2.75) is 57.9 Å². The number of nitrogens with two attached hydrogens (primary N) is 1. The molecule has 0 saturated heterocycles. The first-order chi connectivity index (χ1) is 15.1. The molecule has 0 spiro atoms. The molecule has 0 aliphatic heterocycles. The van der Waals surface area contributed by atoms with E-state index in [1.807, 2.05) is 12.1 Å². The first kappa shape index (κ1) is 24.3. The van der Waals surface area contributed by atoms with Crippen molar-refractivity contribution in [3.05, 3.63) is 70.2 Å². The summed E-state index contributed by atoms with van der Waals surface area (Å²) < 4.78 is 0. The molecule has 1 fully saturated rings. The van der Waals surface area contributed by atoms with Crippen molar-refractivity contribution in [1.82, 2.24) is 5.32 Å². The molecule has 5 nitrogen and oxygen atoms in total. The molecule has 1 saturated carbocycles. The van der Waals surface area contributed by atoms with Gasteiger partial charge in [0.2, 0.25) is 0 Å². The zero-order valence-corrected chi connectivity index (χ0v) is 19.6. The van der Waals surface area contributed by atoms with E-state index in [-0.39, 0.29) is 18.2 Å². The zero-order valence-electron chi connectivity index (χ0n) is 18.8. The van der Waals surface area contributed by atoms with Gasteiger partial charge in [-0.1, -0.05) is 49.7 Å². The number of aliphatic carboxylic acids is 1. The third kappa shape index (κ3) is 6.57. The van der Waals surface area contributed by atoms with Gasteiger partial charge in [0.1, 0.15) is 6.04 Å². The molecule has 2 aromatic rings. The second-order valence-corrected chi connectivity index (χ2v) is 10.2. The fourth-order valence-corrected chi connectivity index (χ4v) is 4.65. The molecule has 4 N–H and O–H groups in total. The quantitative estimate of drug-likeness (QED) is 0.519. The minimum Gasteiger partial charge on any atom is -0.480 e. The van der Waals surface area contributed by atoms with Gasteiger partial charge in [0.15, 0.2) is 0 Å². The van der Waals surface area contributed by atoms with E-state index in [1.165, 1.54) is 18.4 Å². The molecule has 1 aliphatic carbocycles. The molecule has 0 unspecified atom stereocenters. The Balaban J connectivity index is 1.66. The lowest BCUT2D eigenvalue weighted by molar-refractivity contribution is -0.138. The summed E-state index contributed by atoms with van der Waals surface area (Å²) in [5, 5.41) is 12.8. The third-order valence-corrected chi connectivity index (χ3v) is 6.97. The van der Waals surface area contributed by atoms with Crippen LogP contribution in [-0.4, -0.2) is 29.6 Å². The Morgan fingerprint density at radius 2 is 1.69 bits per heavy atom. The normalized spacial score (nSPS) is 18.0. The summed E-state index contributed by atoms with van der Waals surface area (Å²) >= 11 is 6.10. The average Bonchev–Trinajstić information content (AvgIpc) is 2.76. The van der Waals surface area contributed by atoms with Crippen LogP contribution in [0.3, 0.4) is 0 Å². The summed E-state index contributed by atoms with van der Waals surface area (Å²) in [7, 11) is 0. The number of carboxylic acid groups (broad SMARTS) is 1. The molecular weight excluding hydrogens is 424 g/mol. The highest BCUT2D eigenvalue weighted by molar-refractivity contribution is 6.30. The van der Waals surface area contributed by atoms with Crippen LogP contribution in [0.15, 0.2) is 48.5 Å². The minimum absolute atomic E-state index is 0.130. The van der Waals surface area contributed by atoms with Crippen molar-refractivity contribution >= 4 is 23.5 Å². The lowest BCUT2D eigenvalue weighted by Crippen LogP contribution is -2.34. The molecule has 0 heterocycles. The Bertz CT molecular complexity index is 915. The van der Waals surface area contributed by atoms with Crippen LogP contribution in [0.5, 0.6) is 0 Å². The van der Waals surface area contributed by atoms with E-state index in [9.17, 15) is 9.59 Å². The Morgan fingerprint density at radius 3 is 2.25 bits per heavy atom. The molecule has 0 bridgehead atoms. The third-order valence-electron chi connectivity index (χ3n) is 6.72. The highest BCUT2D eigenvalue weighted by Crippen LogP contribution is 2.43. The number of carbonyl (C=O) groups excluding carboxylic acids is 1. The van der Waals surface area contributed by atoms with Crippen molar-refractivity contribution in [3.8, 4) is 0 Å². The van der Waals surface area contributed by atoms with Crippen molar-refractivity contribution < 1.29 is 14.7 Å². The maximum atomic E-state index is 12.8. The molecule has 2 aromatic carbocycles. The number of amides is 1. The van der Waals surface area contributed by atoms with Gasteiger partial charge in [-0.05, 0) is 78.8 Å². The van der Waals surface area contributed by atoms with Crippen LogP contribution >= 0.6 is 11.6 Å². The molecule has 0 radical (unpaired) electrons. The molecule has 0 aromatic heterocycles. The van der Waals surface area contributed by atoms with Crippen molar-refractivity contribution in [3.63, 3.8) is 0 Å². The van der Waals surface area contributed by atoms with Gasteiger partial charge in [-0.3, -0.25) is 9.59 Å². The number of halogens is 1. The van der Waals surface area contributed by atoms with Crippen LogP contribution in [0.25, 0.3) is 0 Å². The molecule has 1 aliphatic rings. The summed E-state index contributed by atoms with van der Waals surface area (Å²) in [5.41, 5.74) is 8.53. The minimum atomic E-state index is -1.04. The van der Waals surface area contributed by atoms with Gasteiger partial charge in [0.25, 0.3) is 5.91 Å². The summed E-state index contributed by atoms with van der Waals surface area (Å²) in [6.45, 7) is 5.22. The Kier molecular flexibility index (Phi) is 7.96. The number of nitrogens with one attached hydrogen (secondary N) is 1. The van der Waals surface area contributed by atoms with Crippen molar-refractivity contribution in [1.29, 1.82) is 0 Å². The molecular formula is C26H33ClN2O3. The van der Waals surface area contributed by atoms with Crippen LogP contribution in [-0.2, 0) is 11.2 Å². The van der Waals surface area contributed by atoms with E-state index in [4.69, 9.17) is 22.4 Å². The van der Waals surface area contributed by atoms with Gasteiger partial charge >= 0.3 is 5.97 Å². The predicted octanol–water partition coefficient (Wildman–Crippen LogP) is 5.02. The first-order valence-corrected chi connectivity index (χ1v) is 11.6. The number of rotatable bonds is 8. The number of hydrogen-bond acceptors (Lipinski definition) is 3. The van der Waals surface area contributed by atoms with E-state index in [2.05, 4.69) is 31.3 Å².